The summed E-state index contributed by atoms with van der Waals surface area (Å²) in [5.74, 6) is -0.934. The number of halogens is 2. The van der Waals surface area contributed by atoms with Gasteiger partial charge >= 0.3 is 5.97 Å². The molecule has 2 aromatic carbocycles. The van der Waals surface area contributed by atoms with Crippen molar-refractivity contribution in [1.82, 2.24) is 0 Å². The molecule has 0 aliphatic rings. The molecule has 0 radical (unpaired) electrons. The molecule has 2 rings (SSSR count). The first-order valence-electron chi connectivity index (χ1n) is 5.02. The average Bonchev–Trinajstić information content (AvgIpc) is 2.33. The van der Waals surface area contributed by atoms with E-state index in [2.05, 4.69) is 0 Å². The van der Waals surface area contributed by atoms with Crippen LogP contribution >= 0.6 is 35.0 Å². The van der Waals surface area contributed by atoms with Crippen LogP contribution in [0.15, 0.2) is 52.3 Å². The van der Waals surface area contributed by atoms with Crippen LogP contribution in [-0.2, 0) is 0 Å². The van der Waals surface area contributed by atoms with Gasteiger partial charge in [-0.3, -0.25) is 0 Å². The van der Waals surface area contributed by atoms with Crippen molar-refractivity contribution in [2.45, 2.75) is 9.79 Å². The first-order valence-corrected chi connectivity index (χ1v) is 6.60. The summed E-state index contributed by atoms with van der Waals surface area (Å²) in [5.41, 5.74) is 0.265. The van der Waals surface area contributed by atoms with E-state index >= 15 is 0 Å². The van der Waals surface area contributed by atoms with Crippen LogP contribution in [-0.4, -0.2) is 11.1 Å². The molecule has 0 spiro atoms. The highest BCUT2D eigenvalue weighted by Crippen LogP contribution is 2.34. The molecule has 2 aromatic rings. The van der Waals surface area contributed by atoms with Gasteiger partial charge in [-0.15, -0.1) is 0 Å². The first-order chi connectivity index (χ1) is 8.56. The van der Waals surface area contributed by atoms with E-state index in [1.807, 2.05) is 6.07 Å². The standard InChI is InChI=1S/C13H8Cl2O2S/c14-9-3-6-12(11(15)7-9)18-10-4-1-8(2-5-10)13(16)17/h1-7H,(H,16,17). The van der Waals surface area contributed by atoms with Gasteiger partial charge in [0, 0.05) is 14.8 Å². The lowest BCUT2D eigenvalue weighted by molar-refractivity contribution is 0.0697. The summed E-state index contributed by atoms with van der Waals surface area (Å²) in [6, 6.07) is 11.9. The molecule has 0 saturated heterocycles. The Morgan fingerprint density at radius 3 is 2.28 bits per heavy atom. The van der Waals surface area contributed by atoms with Crippen LogP contribution in [0.2, 0.25) is 10.0 Å². The Bertz CT molecular complexity index is 582. The van der Waals surface area contributed by atoms with E-state index in [1.54, 1.807) is 36.4 Å². The number of carboxylic acid groups (broad SMARTS) is 1. The topological polar surface area (TPSA) is 37.3 Å². The number of carbonyl (C=O) groups is 1. The maximum absolute atomic E-state index is 10.7. The summed E-state index contributed by atoms with van der Waals surface area (Å²) in [7, 11) is 0. The van der Waals surface area contributed by atoms with Crippen molar-refractivity contribution in [2.75, 3.05) is 0 Å². The minimum atomic E-state index is -0.934. The maximum Gasteiger partial charge on any atom is 0.335 e. The van der Waals surface area contributed by atoms with Gasteiger partial charge in [0.25, 0.3) is 0 Å². The SMILES string of the molecule is O=C(O)c1ccc(Sc2ccc(Cl)cc2Cl)cc1. The molecule has 0 unspecified atom stereocenters. The van der Waals surface area contributed by atoms with Crippen LogP contribution in [0.3, 0.4) is 0 Å². The number of rotatable bonds is 3. The third-order valence-electron chi connectivity index (χ3n) is 2.22. The number of carboxylic acids is 1. The van der Waals surface area contributed by atoms with Gasteiger partial charge in [-0.2, -0.15) is 0 Å². The lowest BCUT2D eigenvalue weighted by atomic mass is 10.2. The van der Waals surface area contributed by atoms with Gasteiger partial charge in [0.2, 0.25) is 0 Å². The minimum absolute atomic E-state index is 0.265. The minimum Gasteiger partial charge on any atom is -0.478 e. The fraction of sp³-hybridized carbons (Fsp3) is 0. The molecule has 0 aliphatic carbocycles. The molecule has 92 valence electrons. The average molecular weight is 299 g/mol. The molecule has 5 heteroatoms. The van der Waals surface area contributed by atoms with E-state index in [0.717, 1.165) is 9.79 Å². The van der Waals surface area contributed by atoms with E-state index in [1.165, 1.54) is 11.8 Å². The lowest BCUT2D eigenvalue weighted by Crippen LogP contribution is -1.94. The predicted molar refractivity (Wildman–Crippen MR) is 74.0 cm³/mol. The van der Waals surface area contributed by atoms with Crippen LogP contribution in [0.4, 0.5) is 0 Å². The Labute approximate surface area is 119 Å². The molecule has 0 aromatic heterocycles. The van der Waals surface area contributed by atoms with Crippen molar-refractivity contribution in [3.05, 3.63) is 58.1 Å². The fourth-order valence-electron chi connectivity index (χ4n) is 1.35. The second kappa shape index (κ2) is 5.65. The van der Waals surface area contributed by atoms with Gasteiger partial charge in [-0.25, -0.2) is 4.79 Å². The largest absolute Gasteiger partial charge is 0.478 e. The summed E-state index contributed by atoms with van der Waals surface area (Å²) in [6.07, 6.45) is 0. The predicted octanol–water partition coefficient (Wildman–Crippen LogP) is 4.84. The van der Waals surface area contributed by atoms with E-state index < -0.39 is 5.97 Å². The Morgan fingerprint density at radius 2 is 1.72 bits per heavy atom. The van der Waals surface area contributed by atoms with Crippen molar-refractivity contribution in [3.8, 4) is 0 Å². The Morgan fingerprint density at radius 1 is 1.06 bits per heavy atom. The lowest BCUT2D eigenvalue weighted by Gasteiger charge is -2.04. The van der Waals surface area contributed by atoms with Gasteiger partial charge in [-0.05, 0) is 42.5 Å². The highest BCUT2D eigenvalue weighted by atomic mass is 35.5. The molecule has 0 bridgehead atoms. The van der Waals surface area contributed by atoms with E-state index in [0.29, 0.717) is 10.0 Å². The van der Waals surface area contributed by atoms with Gasteiger partial charge in [-0.1, -0.05) is 35.0 Å². The van der Waals surface area contributed by atoms with Crippen molar-refractivity contribution in [1.29, 1.82) is 0 Å². The quantitative estimate of drug-likeness (QED) is 0.881. The summed E-state index contributed by atoms with van der Waals surface area (Å²) in [6.45, 7) is 0. The van der Waals surface area contributed by atoms with E-state index in [-0.39, 0.29) is 5.56 Å². The molecule has 0 aliphatic heterocycles. The number of hydrogen-bond donors (Lipinski definition) is 1. The third kappa shape index (κ3) is 3.19. The molecular weight excluding hydrogens is 291 g/mol. The molecule has 0 fully saturated rings. The fourth-order valence-corrected chi connectivity index (χ4v) is 2.69. The van der Waals surface area contributed by atoms with Crippen molar-refractivity contribution < 1.29 is 9.90 Å². The summed E-state index contributed by atoms with van der Waals surface area (Å²) in [4.78, 5) is 12.5. The molecule has 0 amide bonds. The van der Waals surface area contributed by atoms with Crippen LogP contribution in [0.1, 0.15) is 10.4 Å². The Balaban J connectivity index is 2.21. The molecule has 0 atom stereocenters. The van der Waals surface area contributed by atoms with E-state index in [4.69, 9.17) is 28.3 Å². The maximum atomic E-state index is 10.7. The summed E-state index contributed by atoms with van der Waals surface area (Å²) < 4.78 is 0. The molecule has 1 N–H and O–H groups in total. The van der Waals surface area contributed by atoms with Crippen LogP contribution < -0.4 is 0 Å². The smallest absolute Gasteiger partial charge is 0.335 e. The Hall–Kier alpha value is -1.16. The second-order valence-corrected chi connectivity index (χ2v) is 5.47. The highest BCUT2D eigenvalue weighted by molar-refractivity contribution is 7.99. The molecule has 0 heterocycles. The van der Waals surface area contributed by atoms with Crippen LogP contribution in [0.5, 0.6) is 0 Å². The molecule has 18 heavy (non-hydrogen) atoms. The summed E-state index contributed by atoms with van der Waals surface area (Å²) >= 11 is 13.3. The monoisotopic (exact) mass is 298 g/mol. The molecule has 2 nitrogen and oxygen atoms in total. The van der Waals surface area contributed by atoms with Gasteiger partial charge in [0.05, 0.1) is 10.6 Å². The van der Waals surface area contributed by atoms with Gasteiger partial charge in [0.1, 0.15) is 0 Å². The summed E-state index contributed by atoms with van der Waals surface area (Å²) in [5, 5.41) is 9.96. The number of aromatic carboxylic acids is 1. The second-order valence-electron chi connectivity index (χ2n) is 3.51. The number of benzene rings is 2. The first kappa shape index (κ1) is 13.3. The third-order valence-corrected chi connectivity index (χ3v) is 3.97. The Kier molecular flexibility index (Phi) is 4.17. The molecule has 0 saturated carbocycles. The van der Waals surface area contributed by atoms with Crippen molar-refractivity contribution in [3.63, 3.8) is 0 Å². The van der Waals surface area contributed by atoms with Gasteiger partial charge < -0.3 is 5.11 Å². The zero-order chi connectivity index (χ0) is 13.1. The number of hydrogen-bond acceptors (Lipinski definition) is 2. The van der Waals surface area contributed by atoms with Crippen molar-refractivity contribution in [2.24, 2.45) is 0 Å². The zero-order valence-corrected chi connectivity index (χ0v) is 11.4. The normalized spacial score (nSPS) is 10.3. The highest BCUT2D eigenvalue weighted by Gasteiger charge is 2.05. The van der Waals surface area contributed by atoms with Crippen molar-refractivity contribution >= 4 is 40.9 Å². The van der Waals surface area contributed by atoms with Gasteiger partial charge in [0.15, 0.2) is 0 Å². The van der Waals surface area contributed by atoms with Crippen LogP contribution in [0.25, 0.3) is 0 Å². The van der Waals surface area contributed by atoms with Crippen LogP contribution in [0, 0.1) is 0 Å². The molecular formula is C13H8Cl2O2S. The zero-order valence-electron chi connectivity index (χ0n) is 9.06. The van der Waals surface area contributed by atoms with E-state index in [9.17, 15) is 4.79 Å².